The number of nitrogens with zero attached hydrogens (tertiary/aromatic N) is 1. The molecule has 0 spiro atoms. The Morgan fingerprint density at radius 3 is 2.43 bits per heavy atom. The second-order valence-corrected chi connectivity index (χ2v) is 4.65. The minimum atomic E-state index is 0. The zero-order valence-corrected chi connectivity index (χ0v) is 15.0. The summed E-state index contributed by atoms with van der Waals surface area (Å²) in [6.45, 7) is 0. The maximum atomic E-state index is 5.30. The first-order chi connectivity index (χ1) is 8.88. The minimum Gasteiger partial charge on any atom is -0.548 e. The number of aromatic nitrogens is 1. The van der Waals surface area contributed by atoms with Crippen LogP contribution < -0.4 is 0 Å². The van der Waals surface area contributed by atoms with Crippen molar-refractivity contribution in [3.05, 3.63) is 75.7 Å². The van der Waals surface area contributed by atoms with Crippen LogP contribution in [-0.4, -0.2) is 4.98 Å². The van der Waals surface area contributed by atoms with Crippen LogP contribution in [0.2, 0.25) is 0 Å². The number of rotatable bonds is 2. The summed E-state index contributed by atoms with van der Waals surface area (Å²) in [5.74, 6) is 0. The van der Waals surface area contributed by atoms with Crippen LogP contribution >= 0.6 is 0 Å². The number of benzene rings is 1. The Morgan fingerprint density at radius 2 is 1.76 bits per heavy atom. The summed E-state index contributed by atoms with van der Waals surface area (Å²) in [4.78, 5) is 4.77. The predicted molar refractivity (Wildman–Crippen MR) is 84.6 cm³/mol. The van der Waals surface area contributed by atoms with E-state index in [1.807, 2.05) is 18.2 Å². The van der Waals surface area contributed by atoms with Crippen molar-refractivity contribution in [3.63, 3.8) is 0 Å². The second kappa shape index (κ2) is 9.09. The average molecular weight is 461 g/mol. The van der Waals surface area contributed by atoms with Crippen molar-refractivity contribution in [2.75, 3.05) is 0 Å². The van der Waals surface area contributed by atoms with E-state index in [2.05, 4.69) is 31.4 Å². The Bertz CT molecular complexity index is 542. The summed E-state index contributed by atoms with van der Waals surface area (Å²) >= 11 is 0. The van der Waals surface area contributed by atoms with E-state index < -0.39 is 0 Å². The van der Waals surface area contributed by atoms with Crippen molar-refractivity contribution in [3.8, 4) is 11.3 Å². The standard InChI is InChI=1S/C16H16NO.2CH3.Ir/c1-18-15-9-5-8-13-10-11-14(17-16(13)15)12-6-3-2-4-7-12;;;/h2-4,6-7,10-11,15H,1,5,8-9H2;2*1H3;/q3*-1;+3/t15-;;;/m0.../s1. The molecule has 0 saturated carbocycles. The van der Waals surface area contributed by atoms with E-state index in [0.29, 0.717) is 0 Å². The first-order valence-corrected chi connectivity index (χ1v) is 6.34. The van der Waals surface area contributed by atoms with Crippen LogP contribution in [-0.2, 0) is 31.3 Å². The maximum absolute atomic E-state index is 5.30. The number of fused-ring (bicyclic) bond motifs is 1. The van der Waals surface area contributed by atoms with Gasteiger partial charge in [0.15, 0.2) is 0 Å². The molecule has 0 saturated heterocycles. The molecule has 0 amide bonds. The molecule has 1 aliphatic rings. The first-order valence-electron chi connectivity index (χ1n) is 6.34. The molecule has 2 aromatic rings. The molecule has 1 atom stereocenters. The van der Waals surface area contributed by atoms with Gasteiger partial charge >= 0.3 is 20.1 Å². The Kier molecular flexibility index (Phi) is 8.65. The Balaban J connectivity index is 0.00000133. The van der Waals surface area contributed by atoms with Crippen LogP contribution in [0.5, 0.6) is 0 Å². The molecular formula is C18H22IrNO. The zero-order valence-electron chi connectivity index (χ0n) is 12.6. The van der Waals surface area contributed by atoms with Gasteiger partial charge in [-0.3, -0.25) is 0 Å². The average Bonchev–Trinajstić information content (AvgIpc) is 2.47. The Morgan fingerprint density at radius 1 is 1.05 bits per heavy atom. The third-order valence-corrected chi connectivity index (χ3v) is 3.50. The molecule has 0 bridgehead atoms. The van der Waals surface area contributed by atoms with Crippen LogP contribution in [0.4, 0.5) is 0 Å². The van der Waals surface area contributed by atoms with Gasteiger partial charge in [0, 0.05) is 5.56 Å². The Hall–Kier alpha value is -1.02. The van der Waals surface area contributed by atoms with Gasteiger partial charge in [-0.15, -0.1) is 0 Å². The summed E-state index contributed by atoms with van der Waals surface area (Å²) < 4.78 is 5.30. The normalized spacial score (nSPS) is 15.8. The van der Waals surface area contributed by atoms with Crippen molar-refractivity contribution in [2.24, 2.45) is 0 Å². The number of ether oxygens (including phenoxy) is 1. The zero-order chi connectivity index (χ0) is 12.4. The van der Waals surface area contributed by atoms with Crippen LogP contribution in [0.1, 0.15) is 30.2 Å². The number of hydrogen-bond donors (Lipinski definition) is 0. The van der Waals surface area contributed by atoms with Gasteiger partial charge in [0.25, 0.3) is 0 Å². The molecule has 0 unspecified atom stereocenters. The van der Waals surface area contributed by atoms with Gasteiger partial charge in [-0.25, -0.2) is 12.1 Å². The largest absolute Gasteiger partial charge is 3.00 e. The van der Waals surface area contributed by atoms with Crippen LogP contribution in [0.3, 0.4) is 0 Å². The first kappa shape index (κ1) is 20.0. The minimum absolute atomic E-state index is 0. The van der Waals surface area contributed by atoms with E-state index in [4.69, 9.17) is 9.72 Å². The van der Waals surface area contributed by atoms with Crippen molar-refractivity contribution < 1.29 is 24.8 Å². The summed E-state index contributed by atoms with van der Waals surface area (Å²) in [6.07, 6.45) is 3.32. The fraction of sp³-hybridized carbons (Fsp3) is 0.222. The third kappa shape index (κ3) is 4.23. The molecule has 0 fully saturated rings. The van der Waals surface area contributed by atoms with Crippen LogP contribution in [0.25, 0.3) is 11.3 Å². The summed E-state index contributed by atoms with van der Waals surface area (Å²) in [7, 11) is 3.57. The van der Waals surface area contributed by atoms with Crippen molar-refractivity contribution >= 4 is 0 Å². The molecule has 1 aromatic carbocycles. The molecule has 21 heavy (non-hydrogen) atoms. The van der Waals surface area contributed by atoms with Gasteiger partial charge < -0.3 is 19.6 Å². The van der Waals surface area contributed by atoms with Gasteiger partial charge in [0.05, 0.1) is 17.5 Å². The van der Waals surface area contributed by atoms with Gasteiger partial charge in [-0.05, 0) is 30.9 Å². The number of pyridine rings is 1. The van der Waals surface area contributed by atoms with Crippen molar-refractivity contribution in [1.29, 1.82) is 0 Å². The monoisotopic (exact) mass is 461 g/mol. The molecule has 1 heterocycles. The third-order valence-electron chi connectivity index (χ3n) is 3.50. The molecule has 0 aliphatic heterocycles. The molecule has 3 rings (SSSR count). The van der Waals surface area contributed by atoms with E-state index in [9.17, 15) is 0 Å². The van der Waals surface area contributed by atoms with E-state index in [1.54, 1.807) is 0 Å². The quantitative estimate of drug-likeness (QED) is 0.599. The van der Waals surface area contributed by atoms with E-state index >= 15 is 0 Å². The summed E-state index contributed by atoms with van der Waals surface area (Å²) in [6, 6.07) is 14.5. The van der Waals surface area contributed by atoms with E-state index in [1.165, 1.54) is 5.56 Å². The topological polar surface area (TPSA) is 22.1 Å². The van der Waals surface area contributed by atoms with Gasteiger partial charge in [0.2, 0.25) is 0 Å². The molecule has 114 valence electrons. The van der Waals surface area contributed by atoms with E-state index in [-0.39, 0.29) is 41.1 Å². The molecule has 0 N–H and O–H groups in total. The van der Waals surface area contributed by atoms with Gasteiger partial charge in [0.1, 0.15) is 0 Å². The van der Waals surface area contributed by atoms with Crippen LogP contribution in [0.15, 0.2) is 42.5 Å². The molecule has 0 radical (unpaired) electrons. The number of hydrogen-bond acceptors (Lipinski definition) is 2. The molecule has 1 aliphatic carbocycles. The van der Waals surface area contributed by atoms with Crippen LogP contribution in [0, 0.1) is 22.0 Å². The summed E-state index contributed by atoms with van der Waals surface area (Å²) in [5.41, 5.74) is 4.53. The van der Waals surface area contributed by atoms with E-state index in [0.717, 1.165) is 36.2 Å². The summed E-state index contributed by atoms with van der Waals surface area (Å²) in [5, 5.41) is 0. The fourth-order valence-electron chi connectivity index (χ4n) is 2.54. The molecule has 2 nitrogen and oxygen atoms in total. The van der Waals surface area contributed by atoms with Gasteiger partial charge in [-0.2, -0.15) is 0 Å². The fourth-order valence-corrected chi connectivity index (χ4v) is 2.54. The molecule has 1 aromatic heterocycles. The van der Waals surface area contributed by atoms with Crippen molar-refractivity contribution in [1.82, 2.24) is 4.98 Å². The smallest absolute Gasteiger partial charge is 0.548 e. The molecular weight excluding hydrogens is 438 g/mol. The van der Waals surface area contributed by atoms with Gasteiger partial charge in [-0.1, -0.05) is 36.4 Å². The SMILES string of the molecule is [CH2-]O[C@H]1CCCc2ccc(-c3ccccc3)nc21.[CH3-].[CH3-].[Ir+3]. The number of aryl methyl sites for hydroxylation is 1. The van der Waals surface area contributed by atoms with Crippen molar-refractivity contribution in [2.45, 2.75) is 25.4 Å². The predicted octanol–water partition coefficient (Wildman–Crippen LogP) is 4.83. The molecule has 3 heteroatoms. The second-order valence-electron chi connectivity index (χ2n) is 4.65. The maximum Gasteiger partial charge on any atom is 3.00 e. The Labute approximate surface area is 142 Å².